The van der Waals surface area contributed by atoms with Crippen molar-refractivity contribution in [1.29, 1.82) is 0 Å². The zero-order chi connectivity index (χ0) is 18.4. The standard InChI is InChI=1S/C21H23FN4O/c1-24-19-4-2-15(22)12-17(19)18-14-26(7-6-20(18)24)16-3-5-21(23-13-16)25-8-10-27-11-9-25/h2-5,12-13H,6-11,14H2,1H3. The number of nitrogens with zero attached hydrogens (tertiary/aromatic N) is 4. The van der Waals surface area contributed by atoms with Crippen molar-refractivity contribution in [2.75, 3.05) is 42.6 Å². The van der Waals surface area contributed by atoms with Crippen LogP contribution in [0.15, 0.2) is 36.5 Å². The van der Waals surface area contributed by atoms with E-state index >= 15 is 0 Å². The molecule has 4 heterocycles. The Morgan fingerprint density at radius 1 is 1.04 bits per heavy atom. The number of hydrogen-bond acceptors (Lipinski definition) is 4. The molecule has 0 spiro atoms. The predicted molar refractivity (Wildman–Crippen MR) is 105 cm³/mol. The molecule has 2 aliphatic heterocycles. The van der Waals surface area contributed by atoms with Crippen LogP contribution in [0.3, 0.4) is 0 Å². The van der Waals surface area contributed by atoms with Gasteiger partial charge < -0.3 is 19.1 Å². The Morgan fingerprint density at radius 3 is 2.67 bits per heavy atom. The van der Waals surface area contributed by atoms with Crippen molar-refractivity contribution in [1.82, 2.24) is 9.55 Å². The van der Waals surface area contributed by atoms with E-state index in [4.69, 9.17) is 4.74 Å². The van der Waals surface area contributed by atoms with E-state index in [1.54, 1.807) is 12.1 Å². The number of aromatic nitrogens is 2. The molecular weight excluding hydrogens is 343 g/mol. The Balaban J connectivity index is 1.43. The predicted octanol–water partition coefficient (Wildman–Crippen LogP) is 3.11. The van der Waals surface area contributed by atoms with Gasteiger partial charge in [-0.15, -0.1) is 0 Å². The van der Waals surface area contributed by atoms with E-state index in [0.29, 0.717) is 0 Å². The summed E-state index contributed by atoms with van der Waals surface area (Å²) in [5, 5.41) is 1.02. The molecule has 0 N–H and O–H groups in total. The van der Waals surface area contributed by atoms with Crippen molar-refractivity contribution < 1.29 is 9.13 Å². The molecule has 0 aliphatic carbocycles. The van der Waals surface area contributed by atoms with Crippen LogP contribution in [0.2, 0.25) is 0 Å². The number of benzene rings is 1. The van der Waals surface area contributed by atoms with Crippen molar-refractivity contribution in [3.05, 3.63) is 53.6 Å². The van der Waals surface area contributed by atoms with Crippen LogP contribution >= 0.6 is 0 Å². The molecule has 3 aromatic rings. The van der Waals surface area contributed by atoms with Gasteiger partial charge in [0.2, 0.25) is 0 Å². The number of anilines is 2. The minimum Gasteiger partial charge on any atom is -0.378 e. The number of halogens is 1. The second kappa shape index (κ2) is 6.53. The summed E-state index contributed by atoms with van der Waals surface area (Å²) in [6, 6.07) is 9.33. The fraction of sp³-hybridized carbons (Fsp3) is 0.381. The van der Waals surface area contributed by atoms with Crippen LogP contribution in [0.5, 0.6) is 0 Å². The number of ether oxygens (including phenoxy) is 1. The molecule has 1 aromatic carbocycles. The Kier molecular flexibility index (Phi) is 4.01. The molecule has 1 fully saturated rings. The summed E-state index contributed by atoms with van der Waals surface area (Å²) in [6.07, 6.45) is 2.91. The summed E-state index contributed by atoms with van der Waals surface area (Å²) in [7, 11) is 2.08. The fourth-order valence-electron chi connectivity index (χ4n) is 4.32. The Bertz CT molecular complexity index is 976. The molecule has 1 saturated heterocycles. The van der Waals surface area contributed by atoms with Crippen molar-refractivity contribution in [2.45, 2.75) is 13.0 Å². The van der Waals surface area contributed by atoms with Crippen LogP contribution < -0.4 is 9.80 Å². The van der Waals surface area contributed by atoms with Gasteiger partial charge in [0, 0.05) is 61.8 Å². The van der Waals surface area contributed by atoms with Crippen molar-refractivity contribution >= 4 is 22.4 Å². The lowest BCUT2D eigenvalue weighted by atomic mass is 10.0. The highest BCUT2D eigenvalue weighted by Gasteiger charge is 2.23. The van der Waals surface area contributed by atoms with Gasteiger partial charge in [0.05, 0.1) is 25.1 Å². The molecule has 0 radical (unpaired) electrons. The highest BCUT2D eigenvalue weighted by atomic mass is 19.1. The zero-order valence-corrected chi connectivity index (χ0v) is 15.5. The van der Waals surface area contributed by atoms with Gasteiger partial charge in [-0.1, -0.05) is 0 Å². The fourth-order valence-corrected chi connectivity index (χ4v) is 4.32. The summed E-state index contributed by atoms with van der Waals surface area (Å²) in [4.78, 5) is 9.27. The molecule has 5 rings (SSSR count). The van der Waals surface area contributed by atoms with Crippen molar-refractivity contribution in [3.8, 4) is 0 Å². The number of morpholine rings is 1. The second-order valence-electron chi connectivity index (χ2n) is 7.29. The van der Waals surface area contributed by atoms with E-state index in [9.17, 15) is 4.39 Å². The summed E-state index contributed by atoms with van der Waals surface area (Å²) in [5.74, 6) is 0.830. The van der Waals surface area contributed by atoms with Crippen LogP contribution in [-0.2, 0) is 24.8 Å². The molecule has 27 heavy (non-hydrogen) atoms. The third kappa shape index (κ3) is 2.84. The molecule has 2 aromatic heterocycles. The van der Waals surface area contributed by atoms with Crippen LogP contribution in [-0.4, -0.2) is 42.4 Å². The first-order chi connectivity index (χ1) is 13.2. The molecule has 0 saturated carbocycles. The smallest absolute Gasteiger partial charge is 0.128 e. The number of pyridine rings is 1. The molecule has 5 nitrogen and oxygen atoms in total. The lowest BCUT2D eigenvalue weighted by molar-refractivity contribution is 0.122. The average Bonchev–Trinajstić information content (AvgIpc) is 3.00. The SMILES string of the molecule is Cn1c2c(c3cc(F)ccc31)CN(c1ccc(N3CCOCC3)nc1)CC2. The van der Waals surface area contributed by atoms with Gasteiger partial charge in [0.15, 0.2) is 0 Å². The summed E-state index contributed by atoms with van der Waals surface area (Å²) < 4.78 is 21.4. The van der Waals surface area contributed by atoms with E-state index in [1.165, 1.54) is 11.3 Å². The summed E-state index contributed by atoms with van der Waals surface area (Å²) in [5.41, 5.74) is 4.76. The number of rotatable bonds is 2. The highest BCUT2D eigenvalue weighted by molar-refractivity contribution is 5.86. The first kappa shape index (κ1) is 16.6. The monoisotopic (exact) mass is 366 g/mol. The maximum atomic E-state index is 13.8. The first-order valence-electron chi connectivity index (χ1n) is 9.50. The van der Waals surface area contributed by atoms with Crippen LogP contribution in [0, 0.1) is 5.82 Å². The van der Waals surface area contributed by atoms with Crippen LogP contribution in [0.25, 0.3) is 10.9 Å². The van der Waals surface area contributed by atoms with E-state index in [1.807, 2.05) is 12.3 Å². The van der Waals surface area contributed by atoms with Crippen molar-refractivity contribution in [3.63, 3.8) is 0 Å². The first-order valence-corrected chi connectivity index (χ1v) is 9.50. The van der Waals surface area contributed by atoms with E-state index in [2.05, 4.69) is 38.5 Å². The summed E-state index contributed by atoms with van der Waals surface area (Å²) in [6.45, 7) is 5.03. The second-order valence-corrected chi connectivity index (χ2v) is 7.29. The van der Waals surface area contributed by atoms with Gasteiger partial charge in [-0.05, 0) is 30.3 Å². The molecule has 0 bridgehead atoms. The van der Waals surface area contributed by atoms with E-state index in [-0.39, 0.29) is 5.82 Å². The van der Waals surface area contributed by atoms with Gasteiger partial charge in [-0.2, -0.15) is 0 Å². The zero-order valence-electron chi connectivity index (χ0n) is 15.5. The Labute approximate surface area is 158 Å². The largest absolute Gasteiger partial charge is 0.378 e. The molecular formula is C21H23FN4O. The quantitative estimate of drug-likeness (QED) is 0.698. The highest BCUT2D eigenvalue weighted by Crippen LogP contribution is 2.32. The topological polar surface area (TPSA) is 33.5 Å². The normalized spacial score (nSPS) is 17.4. The maximum Gasteiger partial charge on any atom is 0.128 e. The third-order valence-corrected chi connectivity index (χ3v) is 5.80. The van der Waals surface area contributed by atoms with E-state index in [0.717, 1.165) is 68.2 Å². The van der Waals surface area contributed by atoms with Gasteiger partial charge in [-0.25, -0.2) is 9.37 Å². The van der Waals surface area contributed by atoms with Crippen LogP contribution in [0.1, 0.15) is 11.3 Å². The lowest BCUT2D eigenvalue weighted by Crippen LogP contribution is -2.36. The maximum absolute atomic E-state index is 13.8. The Morgan fingerprint density at radius 2 is 1.89 bits per heavy atom. The minimum atomic E-state index is -0.176. The molecule has 0 unspecified atom stereocenters. The lowest BCUT2D eigenvalue weighted by Gasteiger charge is -2.31. The van der Waals surface area contributed by atoms with Crippen molar-refractivity contribution in [2.24, 2.45) is 7.05 Å². The number of fused-ring (bicyclic) bond motifs is 3. The molecule has 6 heteroatoms. The van der Waals surface area contributed by atoms with Gasteiger partial charge in [0.25, 0.3) is 0 Å². The molecule has 0 atom stereocenters. The van der Waals surface area contributed by atoms with Gasteiger partial charge >= 0.3 is 0 Å². The number of aryl methyl sites for hydroxylation is 1. The summed E-state index contributed by atoms with van der Waals surface area (Å²) >= 11 is 0. The van der Waals surface area contributed by atoms with Gasteiger partial charge in [0.1, 0.15) is 11.6 Å². The minimum absolute atomic E-state index is 0.176. The molecule has 0 amide bonds. The molecule has 2 aliphatic rings. The molecule has 140 valence electrons. The Hall–Kier alpha value is -2.60. The van der Waals surface area contributed by atoms with E-state index < -0.39 is 0 Å². The third-order valence-electron chi connectivity index (χ3n) is 5.80. The van der Waals surface area contributed by atoms with Crippen LogP contribution in [0.4, 0.5) is 15.9 Å². The van der Waals surface area contributed by atoms with Gasteiger partial charge in [-0.3, -0.25) is 0 Å². The number of hydrogen-bond donors (Lipinski definition) is 0. The average molecular weight is 366 g/mol.